The van der Waals surface area contributed by atoms with Crippen molar-refractivity contribution < 1.29 is 4.42 Å². The summed E-state index contributed by atoms with van der Waals surface area (Å²) in [6.07, 6.45) is 2.79. The molecule has 2 aromatic rings. The Kier molecular flexibility index (Phi) is 4.43. The molecule has 0 aliphatic carbocycles. The maximum atomic E-state index is 5.80. The molecular weight excluding hydrogens is 276 g/mol. The Morgan fingerprint density at radius 1 is 1.09 bits per heavy atom. The molecule has 0 spiro atoms. The normalized spacial score (nSPS) is 16.2. The number of anilines is 1. The number of hydrogen-bond donors (Lipinski definition) is 0. The van der Waals surface area contributed by atoms with E-state index >= 15 is 0 Å². The van der Waals surface area contributed by atoms with E-state index in [1.165, 1.54) is 0 Å². The van der Waals surface area contributed by atoms with Gasteiger partial charge in [-0.3, -0.25) is 9.88 Å². The Morgan fingerprint density at radius 2 is 1.82 bits per heavy atom. The number of aryl methyl sites for hydroxylation is 3. The molecule has 0 radical (unpaired) electrons. The van der Waals surface area contributed by atoms with Gasteiger partial charge in [-0.05, 0) is 26.0 Å². The Balaban J connectivity index is 1.59. The van der Waals surface area contributed by atoms with Crippen LogP contribution < -0.4 is 4.90 Å². The molecule has 0 saturated carbocycles. The number of aromatic nitrogens is 2. The molecule has 0 N–H and O–H groups in total. The number of furan rings is 1. The van der Waals surface area contributed by atoms with Crippen molar-refractivity contribution >= 4 is 5.82 Å². The molecule has 5 nitrogen and oxygen atoms in total. The average Bonchev–Trinajstić information content (AvgIpc) is 2.98. The summed E-state index contributed by atoms with van der Waals surface area (Å²) in [6.45, 7) is 11.1. The van der Waals surface area contributed by atoms with Crippen LogP contribution in [0, 0.1) is 13.8 Å². The first-order valence-electron chi connectivity index (χ1n) is 8.01. The lowest BCUT2D eigenvalue weighted by molar-refractivity contribution is 0.228. The molecule has 2 aromatic heterocycles. The second-order valence-electron chi connectivity index (χ2n) is 5.91. The fourth-order valence-corrected chi connectivity index (χ4v) is 2.86. The lowest BCUT2D eigenvalue weighted by atomic mass is 10.2. The molecule has 22 heavy (non-hydrogen) atoms. The molecular formula is C17H24N4O. The summed E-state index contributed by atoms with van der Waals surface area (Å²) in [5.74, 6) is 3.17. The van der Waals surface area contributed by atoms with Crippen LogP contribution in [0.1, 0.15) is 29.8 Å². The van der Waals surface area contributed by atoms with E-state index < -0.39 is 0 Å². The maximum Gasteiger partial charge on any atom is 0.150 e. The molecule has 1 aliphatic heterocycles. The standard InChI is InChI=1S/C17H24N4O/c1-4-15-5-6-16(22-15)12-20-7-9-21(10-8-20)17-14(3)18-11-13(2)19-17/h5-6,11H,4,7-10,12H2,1-3H3. The Labute approximate surface area is 132 Å². The summed E-state index contributed by atoms with van der Waals surface area (Å²) < 4.78 is 5.80. The highest BCUT2D eigenvalue weighted by molar-refractivity contribution is 5.43. The predicted molar refractivity (Wildman–Crippen MR) is 87.1 cm³/mol. The summed E-state index contributed by atoms with van der Waals surface area (Å²) in [4.78, 5) is 13.8. The topological polar surface area (TPSA) is 45.4 Å². The Bertz CT molecular complexity index is 629. The molecule has 1 saturated heterocycles. The molecule has 0 bridgehead atoms. The fraction of sp³-hybridized carbons (Fsp3) is 0.529. The molecule has 3 heterocycles. The molecule has 5 heteroatoms. The molecule has 118 valence electrons. The van der Waals surface area contributed by atoms with Crippen LogP contribution in [0.3, 0.4) is 0 Å². The lowest BCUT2D eigenvalue weighted by Crippen LogP contribution is -2.46. The van der Waals surface area contributed by atoms with Crippen molar-refractivity contribution in [2.45, 2.75) is 33.7 Å². The fourth-order valence-electron chi connectivity index (χ4n) is 2.86. The lowest BCUT2D eigenvalue weighted by Gasteiger charge is -2.35. The smallest absolute Gasteiger partial charge is 0.150 e. The molecule has 1 fully saturated rings. The van der Waals surface area contributed by atoms with Crippen LogP contribution in [0.15, 0.2) is 22.7 Å². The third-order valence-corrected chi connectivity index (χ3v) is 4.17. The van der Waals surface area contributed by atoms with Gasteiger partial charge in [0.25, 0.3) is 0 Å². The number of nitrogens with zero attached hydrogens (tertiary/aromatic N) is 4. The van der Waals surface area contributed by atoms with Gasteiger partial charge in [-0.1, -0.05) is 6.92 Å². The largest absolute Gasteiger partial charge is 0.465 e. The van der Waals surface area contributed by atoms with Gasteiger partial charge in [-0.25, -0.2) is 4.98 Å². The first-order valence-corrected chi connectivity index (χ1v) is 8.01. The van der Waals surface area contributed by atoms with Crippen molar-refractivity contribution in [2.24, 2.45) is 0 Å². The van der Waals surface area contributed by atoms with E-state index in [1.807, 2.05) is 20.0 Å². The first-order chi connectivity index (χ1) is 10.7. The van der Waals surface area contributed by atoms with Crippen molar-refractivity contribution in [1.29, 1.82) is 0 Å². The third kappa shape index (κ3) is 3.30. The van der Waals surface area contributed by atoms with E-state index in [0.717, 1.165) is 67.9 Å². The minimum Gasteiger partial charge on any atom is -0.465 e. The monoisotopic (exact) mass is 300 g/mol. The summed E-state index contributed by atoms with van der Waals surface area (Å²) in [7, 11) is 0. The van der Waals surface area contributed by atoms with Crippen LogP contribution >= 0.6 is 0 Å². The molecule has 0 unspecified atom stereocenters. The highest BCUT2D eigenvalue weighted by atomic mass is 16.3. The second kappa shape index (κ2) is 6.48. The quantitative estimate of drug-likeness (QED) is 0.868. The van der Waals surface area contributed by atoms with Gasteiger partial charge in [-0.2, -0.15) is 0 Å². The highest BCUT2D eigenvalue weighted by Crippen LogP contribution is 2.19. The van der Waals surface area contributed by atoms with Crippen LogP contribution in [0.5, 0.6) is 0 Å². The van der Waals surface area contributed by atoms with E-state index in [2.05, 4.69) is 38.8 Å². The molecule has 0 amide bonds. The zero-order valence-corrected chi connectivity index (χ0v) is 13.7. The van der Waals surface area contributed by atoms with Crippen LogP contribution in [0.2, 0.25) is 0 Å². The molecule has 0 aromatic carbocycles. The SMILES string of the molecule is CCc1ccc(CN2CCN(c3nc(C)cnc3C)CC2)o1. The van der Waals surface area contributed by atoms with Gasteiger partial charge < -0.3 is 9.32 Å². The van der Waals surface area contributed by atoms with E-state index in [9.17, 15) is 0 Å². The highest BCUT2D eigenvalue weighted by Gasteiger charge is 2.20. The summed E-state index contributed by atoms with van der Waals surface area (Å²) >= 11 is 0. The van der Waals surface area contributed by atoms with Gasteiger partial charge in [0.1, 0.15) is 17.3 Å². The van der Waals surface area contributed by atoms with Crippen molar-refractivity contribution in [1.82, 2.24) is 14.9 Å². The van der Waals surface area contributed by atoms with E-state index in [4.69, 9.17) is 4.42 Å². The first kappa shape index (κ1) is 15.0. The number of hydrogen-bond acceptors (Lipinski definition) is 5. The summed E-state index contributed by atoms with van der Waals surface area (Å²) in [5.41, 5.74) is 1.99. The van der Waals surface area contributed by atoms with Gasteiger partial charge in [0, 0.05) is 38.8 Å². The van der Waals surface area contributed by atoms with Gasteiger partial charge in [0.2, 0.25) is 0 Å². The van der Waals surface area contributed by atoms with Gasteiger partial charge in [-0.15, -0.1) is 0 Å². The molecule has 1 aliphatic rings. The number of rotatable bonds is 4. The second-order valence-corrected chi connectivity index (χ2v) is 5.91. The number of piperazine rings is 1. The van der Waals surface area contributed by atoms with E-state index in [1.54, 1.807) is 0 Å². The van der Waals surface area contributed by atoms with Gasteiger partial charge in [0.15, 0.2) is 0 Å². The predicted octanol–water partition coefficient (Wildman–Crippen LogP) is 2.57. The summed E-state index contributed by atoms with van der Waals surface area (Å²) in [5, 5.41) is 0. The molecule has 0 atom stereocenters. The zero-order valence-electron chi connectivity index (χ0n) is 13.7. The summed E-state index contributed by atoms with van der Waals surface area (Å²) in [6, 6.07) is 4.18. The van der Waals surface area contributed by atoms with Crippen LogP contribution in [-0.2, 0) is 13.0 Å². The van der Waals surface area contributed by atoms with Crippen molar-refractivity contribution in [3.05, 3.63) is 41.2 Å². The van der Waals surface area contributed by atoms with Crippen LogP contribution in [0.4, 0.5) is 5.82 Å². The van der Waals surface area contributed by atoms with Crippen LogP contribution in [-0.4, -0.2) is 41.0 Å². The third-order valence-electron chi connectivity index (χ3n) is 4.17. The Morgan fingerprint density at radius 3 is 2.50 bits per heavy atom. The average molecular weight is 300 g/mol. The van der Waals surface area contributed by atoms with Crippen molar-refractivity contribution in [3.8, 4) is 0 Å². The minimum atomic E-state index is 0.895. The van der Waals surface area contributed by atoms with Gasteiger partial charge in [0.05, 0.1) is 17.9 Å². The van der Waals surface area contributed by atoms with E-state index in [-0.39, 0.29) is 0 Å². The maximum absolute atomic E-state index is 5.80. The Hall–Kier alpha value is -1.88. The minimum absolute atomic E-state index is 0.895. The van der Waals surface area contributed by atoms with Crippen molar-refractivity contribution in [2.75, 3.05) is 31.1 Å². The molecule has 3 rings (SSSR count). The van der Waals surface area contributed by atoms with Crippen molar-refractivity contribution in [3.63, 3.8) is 0 Å². The van der Waals surface area contributed by atoms with E-state index in [0.29, 0.717) is 0 Å². The van der Waals surface area contributed by atoms with Crippen LogP contribution in [0.25, 0.3) is 0 Å². The zero-order chi connectivity index (χ0) is 15.5. The van der Waals surface area contributed by atoms with Gasteiger partial charge >= 0.3 is 0 Å².